The molecule has 1 rings (SSSR count). The van der Waals surface area contributed by atoms with Gasteiger partial charge in [-0.25, -0.2) is 0 Å². The summed E-state index contributed by atoms with van der Waals surface area (Å²) in [5, 5.41) is 11.0. The van der Waals surface area contributed by atoms with Gasteiger partial charge in [-0.2, -0.15) is 0 Å². The first-order chi connectivity index (χ1) is 12.5. The van der Waals surface area contributed by atoms with E-state index in [9.17, 15) is 14.7 Å². The van der Waals surface area contributed by atoms with Crippen molar-refractivity contribution in [1.82, 2.24) is 0 Å². The fourth-order valence-corrected chi connectivity index (χ4v) is 3.46. The number of rotatable bonds is 10. The molecule has 0 atom stereocenters. The van der Waals surface area contributed by atoms with Gasteiger partial charge in [0.25, 0.3) is 0 Å². The van der Waals surface area contributed by atoms with Gasteiger partial charge in [-0.05, 0) is 47.6 Å². The van der Waals surface area contributed by atoms with Crippen LogP contribution in [-0.2, 0) is 29.9 Å². The van der Waals surface area contributed by atoms with Crippen molar-refractivity contribution in [3.05, 3.63) is 29.3 Å². The molecular formula is C22H34O5. The summed E-state index contributed by atoms with van der Waals surface area (Å²) < 4.78 is 9.40. The van der Waals surface area contributed by atoms with Gasteiger partial charge in [0.05, 0.1) is 14.2 Å². The lowest BCUT2D eigenvalue weighted by atomic mass is 9.74. The lowest BCUT2D eigenvalue weighted by Gasteiger charge is -2.31. The summed E-state index contributed by atoms with van der Waals surface area (Å²) in [5.74, 6) is -0.116. The van der Waals surface area contributed by atoms with Gasteiger partial charge in [0.2, 0.25) is 0 Å². The molecule has 0 spiro atoms. The lowest BCUT2D eigenvalue weighted by molar-refractivity contribution is -0.141. The molecule has 0 bridgehead atoms. The van der Waals surface area contributed by atoms with Crippen molar-refractivity contribution < 1.29 is 24.2 Å². The summed E-state index contributed by atoms with van der Waals surface area (Å²) in [6, 6.07) is 5.86. The molecular weight excluding hydrogens is 344 g/mol. The number of aromatic hydroxyl groups is 1. The highest BCUT2D eigenvalue weighted by Gasteiger charge is 2.30. The Kier molecular flexibility index (Phi) is 8.32. The van der Waals surface area contributed by atoms with Crippen LogP contribution in [0.1, 0.15) is 77.3 Å². The molecule has 0 heterocycles. The van der Waals surface area contributed by atoms with Crippen LogP contribution in [0.4, 0.5) is 0 Å². The van der Waals surface area contributed by atoms with Crippen LogP contribution in [0, 0.1) is 0 Å². The van der Waals surface area contributed by atoms with Gasteiger partial charge in [-0.1, -0.05) is 45.9 Å². The molecule has 1 aromatic rings. The van der Waals surface area contributed by atoms with E-state index < -0.39 is 0 Å². The minimum Gasteiger partial charge on any atom is -0.507 e. The Labute approximate surface area is 163 Å². The van der Waals surface area contributed by atoms with Crippen LogP contribution in [0.15, 0.2) is 18.2 Å². The minimum atomic E-state index is -0.268. The fourth-order valence-electron chi connectivity index (χ4n) is 3.46. The van der Waals surface area contributed by atoms with Crippen LogP contribution in [0.3, 0.4) is 0 Å². The van der Waals surface area contributed by atoms with Crippen molar-refractivity contribution in [2.45, 2.75) is 77.0 Å². The van der Waals surface area contributed by atoms with Gasteiger partial charge >= 0.3 is 11.9 Å². The molecule has 0 unspecified atom stereocenters. The number of ether oxygens (including phenoxy) is 2. The Bertz CT molecular complexity index is 594. The van der Waals surface area contributed by atoms with Crippen LogP contribution in [0.25, 0.3) is 0 Å². The highest BCUT2D eigenvalue weighted by Crippen LogP contribution is 2.42. The standard InChI is InChI=1S/C22H34O5/c1-21(2,14-8-12-18(23)26-5)16-10-7-11-17(20(16)25)22(3,4)15-9-13-19(24)27-6/h7,10-11,25H,8-9,12-15H2,1-6H3. The van der Waals surface area contributed by atoms with Crippen LogP contribution in [0.5, 0.6) is 5.75 Å². The van der Waals surface area contributed by atoms with Gasteiger partial charge in [-0.3, -0.25) is 9.59 Å². The van der Waals surface area contributed by atoms with E-state index in [1.54, 1.807) is 0 Å². The maximum atomic E-state index is 11.4. The predicted octanol–water partition coefficient (Wildman–Crippen LogP) is 4.63. The second-order valence-corrected chi connectivity index (χ2v) is 8.33. The SMILES string of the molecule is COC(=O)CCCC(C)(C)c1cccc(C(C)(C)CCCC(=O)OC)c1O. The molecule has 0 aliphatic carbocycles. The molecule has 0 fully saturated rings. The number of benzene rings is 1. The molecule has 0 aliphatic heterocycles. The maximum Gasteiger partial charge on any atom is 0.305 e. The van der Waals surface area contributed by atoms with E-state index in [1.165, 1.54) is 14.2 Å². The van der Waals surface area contributed by atoms with Crippen molar-refractivity contribution >= 4 is 11.9 Å². The summed E-state index contributed by atoms with van der Waals surface area (Å²) in [6.07, 6.45) is 3.68. The second-order valence-electron chi connectivity index (χ2n) is 8.33. The Hall–Kier alpha value is -2.04. The molecule has 5 nitrogen and oxygen atoms in total. The molecule has 0 saturated carbocycles. The van der Waals surface area contributed by atoms with E-state index in [0.29, 0.717) is 31.4 Å². The Morgan fingerprint density at radius 1 is 0.852 bits per heavy atom. The summed E-state index contributed by atoms with van der Waals surface area (Å²) in [7, 11) is 2.79. The predicted molar refractivity (Wildman–Crippen MR) is 106 cm³/mol. The molecule has 5 heteroatoms. The minimum absolute atomic E-state index is 0.212. The van der Waals surface area contributed by atoms with E-state index in [2.05, 4.69) is 27.7 Å². The summed E-state index contributed by atoms with van der Waals surface area (Å²) >= 11 is 0. The molecule has 152 valence electrons. The number of esters is 2. The van der Waals surface area contributed by atoms with Crippen LogP contribution < -0.4 is 0 Å². The number of methoxy groups -OCH3 is 2. The Morgan fingerprint density at radius 3 is 1.56 bits per heavy atom. The zero-order valence-corrected chi connectivity index (χ0v) is 17.6. The number of carbonyl (C=O) groups excluding carboxylic acids is 2. The first-order valence-electron chi connectivity index (χ1n) is 9.51. The van der Waals surface area contributed by atoms with Crippen molar-refractivity contribution in [1.29, 1.82) is 0 Å². The van der Waals surface area contributed by atoms with Gasteiger partial charge in [0.1, 0.15) is 5.75 Å². The Balaban J connectivity index is 2.93. The normalized spacial score (nSPS) is 11.9. The zero-order chi connectivity index (χ0) is 20.7. The largest absolute Gasteiger partial charge is 0.507 e. The summed E-state index contributed by atoms with van der Waals surface area (Å²) in [6.45, 7) is 8.31. The first kappa shape index (κ1) is 23.0. The maximum absolute atomic E-state index is 11.4. The second kappa shape index (κ2) is 9.77. The molecule has 27 heavy (non-hydrogen) atoms. The third-order valence-corrected chi connectivity index (χ3v) is 5.31. The molecule has 1 N–H and O–H groups in total. The van der Waals surface area contributed by atoms with Gasteiger partial charge < -0.3 is 14.6 Å². The third kappa shape index (κ3) is 6.56. The average Bonchev–Trinajstić information content (AvgIpc) is 2.60. The molecule has 0 saturated heterocycles. The van der Waals surface area contributed by atoms with Crippen LogP contribution in [-0.4, -0.2) is 31.3 Å². The average molecular weight is 379 g/mol. The monoisotopic (exact) mass is 378 g/mol. The molecule has 0 amide bonds. The number of phenolic OH excluding ortho intramolecular Hbond substituents is 1. The number of phenols is 1. The first-order valence-corrected chi connectivity index (χ1v) is 9.51. The zero-order valence-electron chi connectivity index (χ0n) is 17.6. The quantitative estimate of drug-likeness (QED) is 0.601. The highest BCUT2D eigenvalue weighted by molar-refractivity contribution is 5.69. The lowest BCUT2D eigenvalue weighted by Crippen LogP contribution is -2.22. The van der Waals surface area contributed by atoms with E-state index in [4.69, 9.17) is 9.47 Å². The number of hydrogen-bond donors (Lipinski definition) is 1. The molecule has 1 aromatic carbocycles. The van der Waals surface area contributed by atoms with Crippen molar-refractivity contribution in [2.75, 3.05) is 14.2 Å². The van der Waals surface area contributed by atoms with Crippen LogP contribution >= 0.6 is 0 Å². The third-order valence-electron chi connectivity index (χ3n) is 5.31. The fraction of sp³-hybridized carbons (Fsp3) is 0.636. The smallest absolute Gasteiger partial charge is 0.305 e. The van der Waals surface area contributed by atoms with Gasteiger partial charge in [0, 0.05) is 12.8 Å². The number of hydrogen-bond acceptors (Lipinski definition) is 5. The van der Waals surface area contributed by atoms with E-state index in [0.717, 1.165) is 24.0 Å². The van der Waals surface area contributed by atoms with Crippen molar-refractivity contribution in [2.24, 2.45) is 0 Å². The van der Waals surface area contributed by atoms with Crippen LogP contribution in [0.2, 0.25) is 0 Å². The van der Waals surface area contributed by atoms with E-state index >= 15 is 0 Å². The number of carbonyl (C=O) groups is 2. The molecule has 0 aliphatic rings. The van der Waals surface area contributed by atoms with E-state index in [1.807, 2.05) is 18.2 Å². The topological polar surface area (TPSA) is 72.8 Å². The molecule has 0 aromatic heterocycles. The highest BCUT2D eigenvalue weighted by atomic mass is 16.5. The summed E-state index contributed by atoms with van der Waals surface area (Å²) in [5.41, 5.74) is 1.23. The molecule has 0 radical (unpaired) electrons. The summed E-state index contributed by atoms with van der Waals surface area (Å²) in [4.78, 5) is 22.7. The Morgan fingerprint density at radius 2 is 1.22 bits per heavy atom. The van der Waals surface area contributed by atoms with Crippen molar-refractivity contribution in [3.63, 3.8) is 0 Å². The van der Waals surface area contributed by atoms with Gasteiger partial charge in [0.15, 0.2) is 0 Å². The number of para-hydroxylation sites is 1. The van der Waals surface area contributed by atoms with E-state index in [-0.39, 0.29) is 22.8 Å². The van der Waals surface area contributed by atoms with Crippen molar-refractivity contribution in [3.8, 4) is 5.75 Å². The van der Waals surface area contributed by atoms with Gasteiger partial charge in [-0.15, -0.1) is 0 Å².